The second-order valence-electron chi connectivity index (χ2n) is 6.35. The Bertz CT molecular complexity index is 1100. The summed E-state index contributed by atoms with van der Waals surface area (Å²) in [6.45, 7) is 2.94. The van der Waals surface area contributed by atoms with Gasteiger partial charge in [0.25, 0.3) is 0 Å². The SMILES string of the molecule is CCOC(=O)c1oc2ccccc2c1COC(=O)/C(=C/c1ccccc1)NC(C)=O. The molecule has 0 bridgehead atoms. The first-order chi connectivity index (χ1) is 14.5. The Balaban J connectivity index is 1.87. The summed E-state index contributed by atoms with van der Waals surface area (Å²) in [6.07, 6.45) is 1.52. The fraction of sp³-hybridized carbons (Fsp3) is 0.174. The largest absolute Gasteiger partial charge is 0.460 e. The Labute approximate surface area is 173 Å². The lowest BCUT2D eigenvalue weighted by Crippen LogP contribution is -2.26. The van der Waals surface area contributed by atoms with Crippen molar-refractivity contribution in [2.45, 2.75) is 20.5 Å². The number of ether oxygens (including phenoxy) is 2. The first-order valence-electron chi connectivity index (χ1n) is 9.38. The molecule has 154 valence electrons. The Morgan fingerprint density at radius 1 is 1.00 bits per heavy atom. The molecule has 2 aromatic carbocycles. The highest BCUT2D eigenvalue weighted by atomic mass is 16.5. The van der Waals surface area contributed by atoms with Gasteiger partial charge in [0.2, 0.25) is 11.7 Å². The molecular weight excluding hydrogens is 386 g/mol. The summed E-state index contributed by atoms with van der Waals surface area (Å²) in [5, 5.41) is 3.13. The van der Waals surface area contributed by atoms with Crippen LogP contribution in [-0.2, 0) is 25.7 Å². The Hall–Kier alpha value is -3.87. The van der Waals surface area contributed by atoms with Crippen LogP contribution in [0.4, 0.5) is 0 Å². The minimum absolute atomic E-state index is 0.0146. The van der Waals surface area contributed by atoms with E-state index in [1.54, 1.807) is 43.3 Å². The molecule has 0 radical (unpaired) electrons. The molecule has 0 spiro atoms. The van der Waals surface area contributed by atoms with E-state index in [9.17, 15) is 14.4 Å². The van der Waals surface area contributed by atoms with Crippen molar-refractivity contribution in [3.63, 3.8) is 0 Å². The summed E-state index contributed by atoms with van der Waals surface area (Å²) in [6, 6.07) is 16.1. The number of carbonyl (C=O) groups excluding carboxylic acids is 3. The molecule has 1 amide bonds. The van der Waals surface area contributed by atoms with Crippen LogP contribution in [0.15, 0.2) is 64.7 Å². The molecule has 0 unspecified atom stereocenters. The van der Waals surface area contributed by atoms with Crippen molar-refractivity contribution in [2.24, 2.45) is 0 Å². The van der Waals surface area contributed by atoms with E-state index in [1.807, 2.05) is 18.2 Å². The van der Waals surface area contributed by atoms with Gasteiger partial charge in [-0.2, -0.15) is 0 Å². The lowest BCUT2D eigenvalue weighted by molar-refractivity contribution is -0.141. The van der Waals surface area contributed by atoms with Crippen molar-refractivity contribution in [2.75, 3.05) is 6.61 Å². The first-order valence-corrected chi connectivity index (χ1v) is 9.38. The quantitative estimate of drug-likeness (QED) is 0.472. The maximum absolute atomic E-state index is 12.7. The highest BCUT2D eigenvalue weighted by molar-refractivity contribution is 5.98. The molecule has 0 aliphatic rings. The van der Waals surface area contributed by atoms with Gasteiger partial charge in [0, 0.05) is 12.3 Å². The number of carbonyl (C=O) groups is 3. The monoisotopic (exact) mass is 407 g/mol. The summed E-state index contributed by atoms with van der Waals surface area (Å²) >= 11 is 0. The number of para-hydroxylation sites is 1. The van der Waals surface area contributed by atoms with Gasteiger partial charge in [0.1, 0.15) is 17.9 Å². The van der Waals surface area contributed by atoms with E-state index in [-0.39, 0.29) is 24.7 Å². The smallest absolute Gasteiger partial charge is 0.374 e. The predicted octanol–water partition coefficient (Wildman–Crippen LogP) is 3.83. The molecule has 1 N–H and O–H groups in total. The van der Waals surface area contributed by atoms with Gasteiger partial charge in [-0.3, -0.25) is 4.79 Å². The number of hydrogen-bond acceptors (Lipinski definition) is 6. The van der Waals surface area contributed by atoms with E-state index in [0.717, 1.165) is 5.56 Å². The fourth-order valence-electron chi connectivity index (χ4n) is 2.87. The van der Waals surface area contributed by atoms with Crippen LogP contribution >= 0.6 is 0 Å². The molecule has 0 aliphatic heterocycles. The van der Waals surface area contributed by atoms with Crippen LogP contribution in [0.2, 0.25) is 0 Å². The number of benzene rings is 2. The minimum atomic E-state index is -0.742. The van der Waals surface area contributed by atoms with Crippen molar-refractivity contribution in [1.82, 2.24) is 5.32 Å². The summed E-state index contributed by atoms with van der Waals surface area (Å²) in [5.74, 6) is -1.80. The maximum atomic E-state index is 12.7. The van der Waals surface area contributed by atoms with E-state index in [2.05, 4.69) is 5.32 Å². The average molecular weight is 407 g/mol. The summed E-state index contributed by atoms with van der Waals surface area (Å²) in [5.41, 5.74) is 1.59. The van der Waals surface area contributed by atoms with Gasteiger partial charge in [-0.15, -0.1) is 0 Å². The molecule has 7 heteroatoms. The highest BCUT2D eigenvalue weighted by Gasteiger charge is 2.23. The lowest BCUT2D eigenvalue weighted by Gasteiger charge is -2.09. The van der Waals surface area contributed by atoms with Gasteiger partial charge < -0.3 is 19.2 Å². The number of rotatable bonds is 7. The van der Waals surface area contributed by atoms with E-state index < -0.39 is 17.8 Å². The molecule has 0 fully saturated rings. The molecule has 30 heavy (non-hydrogen) atoms. The normalized spacial score (nSPS) is 11.2. The Kier molecular flexibility index (Phi) is 6.64. The number of furan rings is 1. The maximum Gasteiger partial charge on any atom is 0.374 e. The second-order valence-corrected chi connectivity index (χ2v) is 6.35. The molecule has 0 aliphatic carbocycles. The third-order valence-corrected chi connectivity index (χ3v) is 4.15. The van der Waals surface area contributed by atoms with Crippen LogP contribution in [0.25, 0.3) is 17.0 Å². The van der Waals surface area contributed by atoms with Crippen LogP contribution in [0, 0.1) is 0 Å². The van der Waals surface area contributed by atoms with E-state index in [4.69, 9.17) is 13.9 Å². The molecule has 7 nitrogen and oxygen atoms in total. The minimum Gasteiger partial charge on any atom is -0.460 e. The Morgan fingerprint density at radius 2 is 1.70 bits per heavy atom. The molecule has 0 atom stereocenters. The Morgan fingerprint density at radius 3 is 2.40 bits per heavy atom. The second kappa shape index (κ2) is 9.56. The van der Waals surface area contributed by atoms with Crippen molar-refractivity contribution < 1.29 is 28.3 Å². The molecule has 0 saturated carbocycles. The van der Waals surface area contributed by atoms with E-state index >= 15 is 0 Å². The predicted molar refractivity (Wildman–Crippen MR) is 110 cm³/mol. The molecule has 0 saturated heterocycles. The number of esters is 2. The average Bonchev–Trinajstić information content (AvgIpc) is 3.11. The molecule has 1 heterocycles. The van der Waals surface area contributed by atoms with Gasteiger partial charge >= 0.3 is 11.9 Å². The number of fused-ring (bicyclic) bond motifs is 1. The first kappa shape index (κ1) is 20.9. The van der Waals surface area contributed by atoms with Gasteiger partial charge in [-0.1, -0.05) is 48.5 Å². The lowest BCUT2D eigenvalue weighted by atomic mass is 10.1. The molecule has 3 rings (SSSR count). The van der Waals surface area contributed by atoms with Gasteiger partial charge in [-0.05, 0) is 24.6 Å². The van der Waals surface area contributed by atoms with Crippen molar-refractivity contribution in [1.29, 1.82) is 0 Å². The van der Waals surface area contributed by atoms with Crippen molar-refractivity contribution in [3.8, 4) is 0 Å². The van der Waals surface area contributed by atoms with Gasteiger partial charge in [0.15, 0.2) is 0 Å². The fourth-order valence-corrected chi connectivity index (χ4v) is 2.87. The highest BCUT2D eigenvalue weighted by Crippen LogP contribution is 2.27. The third-order valence-electron chi connectivity index (χ3n) is 4.15. The van der Waals surface area contributed by atoms with Crippen LogP contribution in [0.3, 0.4) is 0 Å². The zero-order valence-corrected chi connectivity index (χ0v) is 16.6. The molecule has 3 aromatic rings. The zero-order valence-electron chi connectivity index (χ0n) is 16.6. The van der Waals surface area contributed by atoms with E-state index in [1.165, 1.54) is 13.0 Å². The topological polar surface area (TPSA) is 94.8 Å². The third kappa shape index (κ3) is 4.94. The van der Waals surface area contributed by atoms with Crippen LogP contribution in [0.5, 0.6) is 0 Å². The standard InChI is InChI=1S/C23H21NO6/c1-3-28-23(27)21-18(17-11-7-8-12-20(17)30-21)14-29-22(26)19(24-15(2)25)13-16-9-5-4-6-10-16/h4-13H,3,14H2,1-2H3,(H,24,25)/b19-13-. The van der Waals surface area contributed by atoms with Gasteiger partial charge in [-0.25, -0.2) is 9.59 Å². The number of nitrogens with one attached hydrogen (secondary N) is 1. The van der Waals surface area contributed by atoms with Crippen LogP contribution in [-0.4, -0.2) is 24.5 Å². The van der Waals surface area contributed by atoms with Crippen LogP contribution in [0.1, 0.15) is 35.5 Å². The number of hydrogen-bond donors (Lipinski definition) is 1. The number of amides is 1. The molecular formula is C23H21NO6. The van der Waals surface area contributed by atoms with Crippen molar-refractivity contribution >= 4 is 34.9 Å². The summed E-state index contributed by atoms with van der Waals surface area (Å²) in [4.78, 5) is 36.5. The van der Waals surface area contributed by atoms with Crippen molar-refractivity contribution in [3.05, 3.63) is 77.2 Å². The van der Waals surface area contributed by atoms with Crippen LogP contribution < -0.4 is 5.32 Å². The van der Waals surface area contributed by atoms with E-state index in [0.29, 0.717) is 16.5 Å². The van der Waals surface area contributed by atoms with Gasteiger partial charge in [0.05, 0.1) is 12.2 Å². The molecule has 1 aromatic heterocycles. The summed E-state index contributed by atoms with van der Waals surface area (Å²) in [7, 11) is 0. The summed E-state index contributed by atoms with van der Waals surface area (Å²) < 4.78 is 16.1. The zero-order chi connectivity index (χ0) is 21.5.